The summed E-state index contributed by atoms with van der Waals surface area (Å²) in [6, 6.07) is 5.82. The van der Waals surface area contributed by atoms with Crippen molar-refractivity contribution >= 4 is 6.09 Å². The van der Waals surface area contributed by atoms with Gasteiger partial charge in [0.25, 0.3) is 0 Å². The first-order chi connectivity index (χ1) is 7.90. The summed E-state index contributed by atoms with van der Waals surface area (Å²) in [4.78, 5) is 15.0. The lowest BCUT2D eigenvalue weighted by Gasteiger charge is -2.16. The molecule has 0 aliphatic carbocycles. The summed E-state index contributed by atoms with van der Waals surface area (Å²) in [6.45, 7) is 2.77. The molecular formula is C13H20N2O2. The lowest BCUT2D eigenvalue weighted by Crippen LogP contribution is -2.26. The predicted octanol–water partition coefficient (Wildman–Crippen LogP) is 2.12. The van der Waals surface area contributed by atoms with Crippen LogP contribution in [-0.4, -0.2) is 44.1 Å². The van der Waals surface area contributed by atoms with Gasteiger partial charge in [0.15, 0.2) is 0 Å². The number of ether oxygens (including phenoxy) is 1. The highest BCUT2D eigenvalue weighted by Gasteiger charge is 2.11. The summed E-state index contributed by atoms with van der Waals surface area (Å²) in [5.74, 6) is 0.628. The Bertz CT molecular complexity index is 400. The predicted molar refractivity (Wildman–Crippen MR) is 68.3 cm³/mol. The first-order valence-corrected chi connectivity index (χ1v) is 5.53. The summed E-state index contributed by atoms with van der Waals surface area (Å²) in [5, 5.41) is 0. The van der Waals surface area contributed by atoms with Crippen molar-refractivity contribution in [2.75, 3.05) is 28.2 Å². The first kappa shape index (κ1) is 13.5. The normalized spacial score (nSPS) is 10.5. The molecule has 1 amide bonds. The summed E-state index contributed by atoms with van der Waals surface area (Å²) < 4.78 is 5.32. The molecule has 1 aromatic carbocycles. The van der Waals surface area contributed by atoms with Gasteiger partial charge in [-0.1, -0.05) is 17.7 Å². The van der Waals surface area contributed by atoms with Crippen LogP contribution in [0.15, 0.2) is 18.2 Å². The topological polar surface area (TPSA) is 32.8 Å². The Labute approximate surface area is 103 Å². The lowest BCUT2D eigenvalue weighted by molar-refractivity contribution is 0.171. The Morgan fingerprint density at radius 1 is 1.24 bits per heavy atom. The van der Waals surface area contributed by atoms with Crippen molar-refractivity contribution in [3.8, 4) is 5.75 Å². The van der Waals surface area contributed by atoms with E-state index in [9.17, 15) is 4.79 Å². The van der Waals surface area contributed by atoms with Gasteiger partial charge in [-0.25, -0.2) is 4.79 Å². The number of carbonyl (C=O) groups excluding carboxylic acids is 1. The van der Waals surface area contributed by atoms with E-state index in [1.165, 1.54) is 4.90 Å². The number of nitrogens with zero attached hydrogens (tertiary/aromatic N) is 2. The lowest BCUT2D eigenvalue weighted by atomic mass is 10.1. The van der Waals surface area contributed by atoms with Crippen molar-refractivity contribution in [1.82, 2.24) is 9.80 Å². The van der Waals surface area contributed by atoms with Crippen LogP contribution in [0.2, 0.25) is 0 Å². The standard InChI is InChI=1S/C13H20N2O2/c1-10-6-7-12(17-13(16)15(4)5)11(8-10)9-14(2)3/h6-8H,9H2,1-5H3. The molecule has 0 bridgehead atoms. The van der Waals surface area contributed by atoms with Crippen molar-refractivity contribution in [3.63, 3.8) is 0 Å². The van der Waals surface area contributed by atoms with Crippen LogP contribution in [0.3, 0.4) is 0 Å². The van der Waals surface area contributed by atoms with Gasteiger partial charge in [0.05, 0.1) is 0 Å². The number of aryl methyl sites for hydroxylation is 1. The molecule has 0 unspecified atom stereocenters. The molecule has 0 fully saturated rings. The van der Waals surface area contributed by atoms with Crippen LogP contribution < -0.4 is 4.74 Å². The SMILES string of the molecule is Cc1ccc(OC(=O)N(C)C)c(CN(C)C)c1. The first-order valence-electron chi connectivity index (χ1n) is 5.53. The molecule has 4 nitrogen and oxygen atoms in total. The summed E-state index contributed by atoms with van der Waals surface area (Å²) in [6.07, 6.45) is -0.353. The maximum Gasteiger partial charge on any atom is 0.414 e. The third-order valence-electron chi connectivity index (χ3n) is 2.26. The summed E-state index contributed by atoms with van der Waals surface area (Å²) in [5.41, 5.74) is 2.18. The van der Waals surface area contributed by atoms with E-state index >= 15 is 0 Å². The van der Waals surface area contributed by atoms with Crippen LogP contribution in [0.5, 0.6) is 5.75 Å². The van der Waals surface area contributed by atoms with Crippen molar-refractivity contribution in [3.05, 3.63) is 29.3 Å². The van der Waals surface area contributed by atoms with Gasteiger partial charge in [0.1, 0.15) is 5.75 Å². The minimum absolute atomic E-state index is 0.353. The van der Waals surface area contributed by atoms with E-state index in [-0.39, 0.29) is 6.09 Å². The fourth-order valence-electron chi connectivity index (χ4n) is 1.46. The van der Waals surface area contributed by atoms with Gasteiger partial charge in [-0.3, -0.25) is 0 Å². The molecule has 0 N–H and O–H groups in total. The number of hydrogen-bond acceptors (Lipinski definition) is 3. The van der Waals surface area contributed by atoms with Gasteiger partial charge in [0.2, 0.25) is 0 Å². The van der Waals surface area contributed by atoms with Gasteiger partial charge in [0, 0.05) is 26.2 Å². The van der Waals surface area contributed by atoms with Crippen LogP contribution in [0.1, 0.15) is 11.1 Å². The number of amides is 1. The Morgan fingerprint density at radius 3 is 2.41 bits per heavy atom. The van der Waals surface area contributed by atoms with E-state index in [0.29, 0.717) is 5.75 Å². The average Bonchev–Trinajstić information content (AvgIpc) is 2.20. The molecule has 17 heavy (non-hydrogen) atoms. The second kappa shape index (κ2) is 5.68. The maximum absolute atomic E-state index is 11.5. The van der Waals surface area contributed by atoms with Gasteiger partial charge in [-0.05, 0) is 27.1 Å². The fraction of sp³-hybridized carbons (Fsp3) is 0.462. The molecule has 0 aliphatic heterocycles. The molecule has 0 aromatic heterocycles. The van der Waals surface area contributed by atoms with E-state index in [1.54, 1.807) is 14.1 Å². The van der Waals surface area contributed by atoms with Crippen molar-refractivity contribution < 1.29 is 9.53 Å². The molecule has 1 aromatic rings. The van der Waals surface area contributed by atoms with Crippen molar-refractivity contribution in [2.24, 2.45) is 0 Å². The molecule has 0 radical (unpaired) electrons. The van der Waals surface area contributed by atoms with E-state index in [4.69, 9.17) is 4.74 Å². The highest BCUT2D eigenvalue weighted by atomic mass is 16.6. The highest BCUT2D eigenvalue weighted by Crippen LogP contribution is 2.21. The molecule has 4 heteroatoms. The Kier molecular flexibility index (Phi) is 4.52. The molecule has 0 spiro atoms. The molecule has 0 aliphatic rings. The Balaban J connectivity index is 2.93. The second-order valence-electron chi connectivity index (χ2n) is 4.61. The number of carbonyl (C=O) groups is 1. The van der Waals surface area contributed by atoms with Gasteiger partial charge in [-0.2, -0.15) is 0 Å². The zero-order chi connectivity index (χ0) is 13.0. The van der Waals surface area contributed by atoms with Crippen LogP contribution in [0.25, 0.3) is 0 Å². The van der Waals surface area contributed by atoms with Gasteiger partial charge in [-0.15, -0.1) is 0 Å². The molecule has 0 saturated carbocycles. The van der Waals surface area contributed by atoms with Crippen LogP contribution in [-0.2, 0) is 6.54 Å². The number of benzene rings is 1. The monoisotopic (exact) mass is 236 g/mol. The largest absolute Gasteiger partial charge is 0.414 e. The number of rotatable bonds is 3. The molecule has 0 atom stereocenters. The van der Waals surface area contributed by atoms with E-state index in [2.05, 4.69) is 0 Å². The molecule has 0 saturated heterocycles. The number of hydrogen-bond donors (Lipinski definition) is 0. The second-order valence-corrected chi connectivity index (χ2v) is 4.61. The minimum atomic E-state index is -0.353. The van der Waals surface area contributed by atoms with Crippen LogP contribution in [0.4, 0.5) is 4.79 Å². The Morgan fingerprint density at radius 2 is 1.88 bits per heavy atom. The molecule has 94 valence electrons. The van der Waals surface area contributed by atoms with Crippen LogP contribution >= 0.6 is 0 Å². The average molecular weight is 236 g/mol. The van der Waals surface area contributed by atoms with Crippen molar-refractivity contribution in [1.29, 1.82) is 0 Å². The van der Waals surface area contributed by atoms with Crippen molar-refractivity contribution in [2.45, 2.75) is 13.5 Å². The minimum Gasteiger partial charge on any atom is -0.410 e. The van der Waals surface area contributed by atoms with Crippen LogP contribution in [0, 0.1) is 6.92 Å². The fourth-order valence-corrected chi connectivity index (χ4v) is 1.46. The third kappa shape index (κ3) is 4.07. The van der Waals surface area contributed by atoms with E-state index < -0.39 is 0 Å². The summed E-state index contributed by atoms with van der Waals surface area (Å²) in [7, 11) is 7.31. The highest BCUT2D eigenvalue weighted by molar-refractivity contribution is 5.70. The summed E-state index contributed by atoms with van der Waals surface area (Å²) >= 11 is 0. The van der Waals surface area contributed by atoms with Gasteiger partial charge < -0.3 is 14.5 Å². The van der Waals surface area contributed by atoms with Gasteiger partial charge >= 0.3 is 6.09 Å². The van der Waals surface area contributed by atoms with E-state index in [1.807, 2.05) is 44.1 Å². The quantitative estimate of drug-likeness (QED) is 0.806. The maximum atomic E-state index is 11.5. The van der Waals surface area contributed by atoms with E-state index in [0.717, 1.165) is 17.7 Å². The zero-order valence-corrected chi connectivity index (χ0v) is 11.2. The third-order valence-corrected chi connectivity index (χ3v) is 2.26. The Hall–Kier alpha value is -1.55. The molecule has 0 heterocycles. The zero-order valence-electron chi connectivity index (χ0n) is 11.2. The molecular weight excluding hydrogens is 216 g/mol. The smallest absolute Gasteiger partial charge is 0.410 e. The molecule has 1 rings (SSSR count).